The van der Waals surface area contributed by atoms with E-state index in [1.54, 1.807) is 6.07 Å². The summed E-state index contributed by atoms with van der Waals surface area (Å²) in [6.07, 6.45) is 0. The topological polar surface area (TPSA) is 74.0 Å². The van der Waals surface area contributed by atoms with Gasteiger partial charge in [0.05, 0.1) is 11.3 Å². The highest BCUT2D eigenvalue weighted by Crippen LogP contribution is 2.18. The number of hydrogen-bond donors (Lipinski definition) is 1. The number of nitrogens with zero attached hydrogens (tertiary/aromatic N) is 2. The molecule has 0 aliphatic rings. The van der Waals surface area contributed by atoms with Crippen molar-refractivity contribution < 1.29 is 9.90 Å². The zero-order valence-corrected chi connectivity index (χ0v) is 8.79. The number of nitriles is 1. The average Bonchev–Trinajstić information content (AvgIpc) is 2.39. The van der Waals surface area contributed by atoms with Crippen LogP contribution in [0.3, 0.4) is 0 Å². The molecule has 1 aromatic heterocycles. The van der Waals surface area contributed by atoms with Gasteiger partial charge in [-0.1, -0.05) is 30.3 Å². The lowest BCUT2D eigenvalue weighted by atomic mass is 10.1. The zero-order chi connectivity index (χ0) is 12.3. The second-order valence-electron chi connectivity index (χ2n) is 3.38. The minimum absolute atomic E-state index is 0.0668. The molecule has 82 valence electrons. The summed E-state index contributed by atoms with van der Waals surface area (Å²) in [4.78, 5) is 14.9. The lowest BCUT2D eigenvalue weighted by Gasteiger charge is -2.03. The van der Waals surface area contributed by atoms with Gasteiger partial charge >= 0.3 is 5.97 Å². The van der Waals surface area contributed by atoms with E-state index < -0.39 is 5.97 Å². The summed E-state index contributed by atoms with van der Waals surface area (Å²) in [5.41, 5.74) is 1.22. The normalized spacial score (nSPS) is 9.59. The highest BCUT2D eigenvalue weighted by Gasteiger charge is 2.13. The summed E-state index contributed by atoms with van der Waals surface area (Å²) in [5, 5.41) is 17.7. The van der Waals surface area contributed by atoms with Crippen LogP contribution in [0.15, 0.2) is 42.5 Å². The van der Waals surface area contributed by atoms with E-state index in [1.807, 2.05) is 36.4 Å². The molecule has 0 radical (unpaired) electrons. The molecule has 2 rings (SSSR count). The maximum absolute atomic E-state index is 11.0. The van der Waals surface area contributed by atoms with Crippen LogP contribution in [0.25, 0.3) is 11.3 Å². The number of carbonyl (C=O) groups is 1. The first-order valence-electron chi connectivity index (χ1n) is 4.92. The van der Waals surface area contributed by atoms with Crippen molar-refractivity contribution in [3.63, 3.8) is 0 Å². The first-order valence-corrected chi connectivity index (χ1v) is 4.92. The molecule has 1 aromatic carbocycles. The Labute approximate surface area is 97.8 Å². The van der Waals surface area contributed by atoms with Crippen molar-refractivity contribution in [3.05, 3.63) is 53.7 Å². The lowest BCUT2D eigenvalue weighted by Crippen LogP contribution is -2.04. The van der Waals surface area contributed by atoms with E-state index in [0.29, 0.717) is 5.69 Å². The molecule has 17 heavy (non-hydrogen) atoms. The van der Waals surface area contributed by atoms with E-state index in [2.05, 4.69) is 4.98 Å². The number of carboxylic acid groups (broad SMARTS) is 1. The van der Waals surface area contributed by atoms with E-state index >= 15 is 0 Å². The third-order valence-electron chi connectivity index (χ3n) is 2.29. The number of aromatic nitrogens is 1. The average molecular weight is 224 g/mol. The molecule has 0 unspecified atom stereocenters. The maximum Gasteiger partial charge on any atom is 0.355 e. The molecule has 2 aromatic rings. The molecule has 1 N–H and O–H groups in total. The number of aromatic carboxylic acids is 1. The summed E-state index contributed by atoms with van der Waals surface area (Å²) in [5.74, 6) is -1.20. The van der Waals surface area contributed by atoms with Gasteiger partial charge in [0.2, 0.25) is 0 Å². The molecule has 0 aliphatic heterocycles. The Kier molecular flexibility index (Phi) is 2.84. The fourth-order valence-corrected chi connectivity index (χ4v) is 1.48. The molecule has 0 aliphatic carbocycles. The Morgan fingerprint density at radius 3 is 2.47 bits per heavy atom. The van der Waals surface area contributed by atoms with Crippen LogP contribution in [-0.4, -0.2) is 16.1 Å². The highest BCUT2D eigenvalue weighted by atomic mass is 16.4. The van der Waals surface area contributed by atoms with Gasteiger partial charge < -0.3 is 5.11 Å². The van der Waals surface area contributed by atoms with Crippen molar-refractivity contribution in [3.8, 4) is 17.3 Å². The highest BCUT2D eigenvalue weighted by molar-refractivity contribution is 5.89. The summed E-state index contributed by atoms with van der Waals surface area (Å²) < 4.78 is 0. The minimum Gasteiger partial charge on any atom is -0.476 e. The van der Waals surface area contributed by atoms with Crippen LogP contribution in [0.5, 0.6) is 0 Å². The Hall–Kier alpha value is -2.67. The van der Waals surface area contributed by atoms with E-state index in [1.165, 1.54) is 6.07 Å². The van der Waals surface area contributed by atoms with Crippen molar-refractivity contribution in [2.75, 3.05) is 0 Å². The quantitative estimate of drug-likeness (QED) is 0.849. The molecular weight excluding hydrogens is 216 g/mol. The molecule has 0 atom stereocenters. The number of hydrogen-bond acceptors (Lipinski definition) is 3. The van der Waals surface area contributed by atoms with Crippen molar-refractivity contribution in [1.82, 2.24) is 4.98 Å². The van der Waals surface area contributed by atoms with Gasteiger partial charge in [0, 0.05) is 5.56 Å². The van der Waals surface area contributed by atoms with Crippen molar-refractivity contribution >= 4 is 5.97 Å². The molecule has 4 nitrogen and oxygen atoms in total. The molecule has 0 fully saturated rings. The zero-order valence-electron chi connectivity index (χ0n) is 8.79. The fourth-order valence-electron chi connectivity index (χ4n) is 1.48. The second kappa shape index (κ2) is 4.45. The van der Waals surface area contributed by atoms with Crippen LogP contribution in [0.2, 0.25) is 0 Å². The Morgan fingerprint density at radius 1 is 1.18 bits per heavy atom. The van der Waals surface area contributed by atoms with E-state index in [0.717, 1.165) is 5.56 Å². The third kappa shape index (κ3) is 2.13. The first kappa shape index (κ1) is 10.8. The summed E-state index contributed by atoms with van der Waals surface area (Å²) >= 11 is 0. The molecule has 0 spiro atoms. The van der Waals surface area contributed by atoms with Gasteiger partial charge in [0.15, 0.2) is 5.69 Å². The number of benzene rings is 1. The van der Waals surface area contributed by atoms with Crippen LogP contribution < -0.4 is 0 Å². The lowest BCUT2D eigenvalue weighted by molar-refractivity contribution is 0.0690. The van der Waals surface area contributed by atoms with Gasteiger partial charge in [-0.15, -0.1) is 0 Å². The van der Waals surface area contributed by atoms with Gasteiger partial charge in [0.1, 0.15) is 6.07 Å². The van der Waals surface area contributed by atoms with Gasteiger partial charge in [-0.3, -0.25) is 0 Å². The summed E-state index contributed by atoms with van der Waals surface area (Å²) in [7, 11) is 0. The van der Waals surface area contributed by atoms with Crippen LogP contribution in [0.4, 0.5) is 0 Å². The largest absolute Gasteiger partial charge is 0.476 e. The minimum atomic E-state index is -1.20. The molecule has 0 bridgehead atoms. The maximum atomic E-state index is 11.0. The van der Waals surface area contributed by atoms with Gasteiger partial charge in [-0.2, -0.15) is 5.26 Å². The molecule has 4 heteroatoms. The van der Waals surface area contributed by atoms with Crippen LogP contribution in [0.1, 0.15) is 16.1 Å². The van der Waals surface area contributed by atoms with Gasteiger partial charge in [0.25, 0.3) is 0 Å². The molecule has 0 saturated carbocycles. The number of rotatable bonds is 2. The summed E-state index contributed by atoms with van der Waals surface area (Å²) in [6, 6.07) is 14.1. The Bertz CT molecular complexity index is 601. The van der Waals surface area contributed by atoms with Crippen molar-refractivity contribution in [2.24, 2.45) is 0 Å². The van der Waals surface area contributed by atoms with Crippen LogP contribution in [0, 0.1) is 11.3 Å². The number of carboxylic acids is 1. The summed E-state index contributed by atoms with van der Waals surface area (Å²) in [6.45, 7) is 0. The predicted molar refractivity (Wildman–Crippen MR) is 61.3 cm³/mol. The van der Waals surface area contributed by atoms with E-state index in [9.17, 15) is 4.79 Å². The van der Waals surface area contributed by atoms with E-state index in [4.69, 9.17) is 10.4 Å². The van der Waals surface area contributed by atoms with Gasteiger partial charge in [-0.25, -0.2) is 9.78 Å². The molecule has 1 heterocycles. The van der Waals surface area contributed by atoms with Crippen molar-refractivity contribution in [1.29, 1.82) is 5.26 Å². The van der Waals surface area contributed by atoms with Crippen molar-refractivity contribution in [2.45, 2.75) is 0 Å². The monoisotopic (exact) mass is 224 g/mol. The smallest absolute Gasteiger partial charge is 0.355 e. The molecular formula is C13H8N2O2. The Morgan fingerprint density at radius 2 is 1.88 bits per heavy atom. The molecule has 0 saturated heterocycles. The number of pyridine rings is 1. The van der Waals surface area contributed by atoms with Gasteiger partial charge in [-0.05, 0) is 12.1 Å². The van der Waals surface area contributed by atoms with Crippen LogP contribution >= 0.6 is 0 Å². The van der Waals surface area contributed by atoms with Crippen LogP contribution in [-0.2, 0) is 0 Å². The predicted octanol–water partition coefficient (Wildman–Crippen LogP) is 2.32. The third-order valence-corrected chi connectivity index (χ3v) is 2.29. The standard InChI is InChI=1S/C13H8N2O2/c14-8-10-6-7-11(15-12(10)13(16)17)9-4-2-1-3-5-9/h1-7H,(H,16,17). The first-order chi connectivity index (χ1) is 8.22. The SMILES string of the molecule is N#Cc1ccc(-c2ccccc2)nc1C(=O)O. The second-order valence-corrected chi connectivity index (χ2v) is 3.38. The van der Waals surface area contributed by atoms with E-state index in [-0.39, 0.29) is 11.3 Å². The molecule has 0 amide bonds. The Balaban J connectivity index is 2.56. The fraction of sp³-hybridized carbons (Fsp3) is 0.